The summed E-state index contributed by atoms with van der Waals surface area (Å²) in [5.74, 6) is 0.261. The molecule has 0 bridgehead atoms. The van der Waals surface area contributed by atoms with Crippen LogP contribution in [-0.2, 0) is 0 Å². The normalized spacial score (nSPS) is 9.35. The number of nitrogens with two attached hydrogens (primary N) is 1. The van der Waals surface area contributed by atoms with Crippen molar-refractivity contribution in [3.63, 3.8) is 0 Å². The lowest BCUT2D eigenvalue weighted by atomic mass is 10.2. The lowest BCUT2D eigenvalue weighted by Crippen LogP contribution is -1.80. The zero-order chi connectivity index (χ0) is 12.8. The molecule has 2 aromatic rings. The molecule has 2 aromatic carbocycles. The van der Waals surface area contributed by atoms with Gasteiger partial charge in [0.15, 0.2) is 0 Å². The molecule has 2 nitrogen and oxygen atoms in total. The standard InChI is InChI=1S/C7H7ClO.C6H7NS/c1-5-4-6(9)2-3-7(5)8;7-5-1-3-6(8)4-2-5/h2-4,9H,1H3;1-4,8H,7H2. The highest BCUT2D eigenvalue weighted by molar-refractivity contribution is 7.80. The van der Waals surface area contributed by atoms with Crippen LogP contribution in [0, 0.1) is 6.92 Å². The molecule has 0 saturated heterocycles. The molecule has 0 heterocycles. The number of rotatable bonds is 0. The van der Waals surface area contributed by atoms with Crippen LogP contribution in [0.5, 0.6) is 5.75 Å². The number of aryl methyl sites for hydroxylation is 1. The van der Waals surface area contributed by atoms with Crippen LogP contribution in [-0.4, -0.2) is 5.11 Å². The summed E-state index contributed by atoms with van der Waals surface area (Å²) in [7, 11) is 0. The second-order valence-electron chi connectivity index (χ2n) is 3.53. The Morgan fingerprint density at radius 2 is 1.71 bits per heavy atom. The molecule has 2 rings (SSSR count). The summed E-state index contributed by atoms with van der Waals surface area (Å²) >= 11 is 9.75. The number of hydrogen-bond acceptors (Lipinski definition) is 3. The number of thiol groups is 1. The van der Waals surface area contributed by atoms with E-state index in [1.807, 2.05) is 31.2 Å². The predicted molar refractivity (Wildman–Crippen MR) is 76.0 cm³/mol. The molecule has 0 aliphatic heterocycles. The maximum absolute atomic E-state index is 8.88. The van der Waals surface area contributed by atoms with E-state index in [9.17, 15) is 0 Å². The average molecular weight is 268 g/mol. The largest absolute Gasteiger partial charge is 0.508 e. The Kier molecular flexibility index (Phi) is 5.19. The number of benzene rings is 2. The number of phenols is 1. The molecule has 0 spiro atoms. The summed E-state index contributed by atoms with van der Waals surface area (Å²) in [5, 5.41) is 9.57. The van der Waals surface area contributed by atoms with Gasteiger partial charge in [0.25, 0.3) is 0 Å². The highest BCUT2D eigenvalue weighted by Crippen LogP contribution is 2.19. The average Bonchev–Trinajstić information content (AvgIpc) is 2.29. The third kappa shape index (κ3) is 5.02. The Morgan fingerprint density at radius 3 is 2.12 bits per heavy atom. The van der Waals surface area contributed by atoms with Crippen LogP contribution in [0.2, 0.25) is 5.02 Å². The van der Waals surface area contributed by atoms with Crippen molar-refractivity contribution in [3.05, 3.63) is 53.1 Å². The summed E-state index contributed by atoms with van der Waals surface area (Å²) in [6.45, 7) is 1.85. The number of hydrogen-bond donors (Lipinski definition) is 3. The molecule has 0 saturated carbocycles. The van der Waals surface area contributed by atoms with Gasteiger partial charge in [0, 0.05) is 15.6 Å². The predicted octanol–water partition coefficient (Wildman–Crippen LogP) is 3.91. The molecule has 0 radical (unpaired) electrons. The van der Waals surface area contributed by atoms with Gasteiger partial charge >= 0.3 is 0 Å². The number of anilines is 1. The summed E-state index contributed by atoms with van der Waals surface area (Å²) in [5.41, 5.74) is 7.07. The molecule has 0 aliphatic carbocycles. The first kappa shape index (κ1) is 13.7. The van der Waals surface area contributed by atoms with Crippen LogP contribution in [0.25, 0.3) is 0 Å². The summed E-state index contributed by atoms with van der Waals surface area (Å²) in [6.07, 6.45) is 0. The minimum absolute atomic E-state index is 0.261. The van der Waals surface area contributed by atoms with E-state index < -0.39 is 0 Å². The monoisotopic (exact) mass is 267 g/mol. The molecule has 0 fully saturated rings. The van der Waals surface area contributed by atoms with Gasteiger partial charge in [-0.2, -0.15) is 0 Å². The maximum Gasteiger partial charge on any atom is 0.115 e. The van der Waals surface area contributed by atoms with E-state index in [0.29, 0.717) is 5.02 Å². The fourth-order valence-corrected chi connectivity index (χ4v) is 1.37. The molecule has 17 heavy (non-hydrogen) atoms. The number of aromatic hydroxyl groups is 1. The van der Waals surface area contributed by atoms with Crippen LogP contribution in [0.1, 0.15) is 5.56 Å². The van der Waals surface area contributed by atoms with Gasteiger partial charge in [0.05, 0.1) is 0 Å². The van der Waals surface area contributed by atoms with E-state index in [4.69, 9.17) is 22.4 Å². The van der Waals surface area contributed by atoms with Gasteiger partial charge in [-0.15, -0.1) is 12.6 Å². The van der Waals surface area contributed by atoms with Crippen molar-refractivity contribution < 1.29 is 5.11 Å². The van der Waals surface area contributed by atoms with Crippen LogP contribution < -0.4 is 5.73 Å². The molecular formula is C13H14ClNOS. The summed E-state index contributed by atoms with van der Waals surface area (Å²) < 4.78 is 0. The second-order valence-corrected chi connectivity index (χ2v) is 4.45. The fraction of sp³-hybridized carbons (Fsp3) is 0.0769. The first-order chi connectivity index (χ1) is 7.99. The Morgan fingerprint density at radius 1 is 1.12 bits per heavy atom. The Hall–Kier alpha value is -1.32. The quantitative estimate of drug-likeness (QED) is 0.501. The first-order valence-corrected chi connectivity index (χ1v) is 5.81. The Bertz CT molecular complexity index is 464. The highest BCUT2D eigenvalue weighted by atomic mass is 35.5. The van der Waals surface area contributed by atoms with Crippen LogP contribution in [0.3, 0.4) is 0 Å². The molecule has 3 N–H and O–H groups in total. The van der Waals surface area contributed by atoms with Crippen LogP contribution >= 0.6 is 24.2 Å². The van der Waals surface area contributed by atoms with Crippen molar-refractivity contribution in [1.29, 1.82) is 0 Å². The van der Waals surface area contributed by atoms with Crippen molar-refractivity contribution in [2.24, 2.45) is 0 Å². The van der Waals surface area contributed by atoms with E-state index in [-0.39, 0.29) is 5.75 Å². The van der Waals surface area contributed by atoms with Crippen LogP contribution in [0.4, 0.5) is 5.69 Å². The van der Waals surface area contributed by atoms with E-state index in [1.54, 1.807) is 18.2 Å². The zero-order valence-electron chi connectivity index (χ0n) is 9.39. The third-order valence-corrected chi connectivity index (χ3v) is 2.76. The second kappa shape index (κ2) is 6.42. The molecule has 0 atom stereocenters. The molecule has 0 amide bonds. The van der Waals surface area contributed by atoms with Crippen molar-refractivity contribution in [1.82, 2.24) is 0 Å². The van der Waals surface area contributed by atoms with Crippen molar-refractivity contribution in [2.75, 3.05) is 5.73 Å². The topological polar surface area (TPSA) is 46.2 Å². The SMILES string of the molecule is Cc1cc(O)ccc1Cl.Nc1ccc(S)cc1. The van der Waals surface area contributed by atoms with Gasteiger partial charge < -0.3 is 10.8 Å². The van der Waals surface area contributed by atoms with Gasteiger partial charge in [-0.05, 0) is 55.0 Å². The molecule has 90 valence electrons. The maximum atomic E-state index is 8.88. The van der Waals surface area contributed by atoms with Gasteiger partial charge in [-0.3, -0.25) is 0 Å². The fourth-order valence-electron chi connectivity index (χ4n) is 1.10. The number of nitrogen functional groups attached to an aromatic ring is 1. The molecule has 0 unspecified atom stereocenters. The minimum atomic E-state index is 0.261. The molecule has 4 heteroatoms. The Balaban J connectivity index is 0.000000171. The van der Waals surface area contributed by atoms with E-state index in [0.717, 1.165) is 16.1 Å². The smallest absolute Gasteiger partial charge is 0.115 e. The van der Waals surface area contributed by atoms with Gasteiger partial charge in [0.2, 0.25) is 0 Å². The van der Waals surface area contributed by atoms with Gasteiger partial charge in [0.1, 0.15) is 5.75 Å². The zero-order valence-corrected chi connectivity index (χ0v) is 11.0. The molecule has 0 aliphatic rings. The van der Waals surface area contributed by atoms with Gasteiger partial charge in [-0.1, -0.05) is 11.6 Å². The highest BCUT2D eigenvalue weighted by Gasteiger charge is 1.93. The molecule has 0 aromatic heterocycles. The molecular weight excluding hydrogens is 254 g/mol. The van der Waals surface area contributed by atoms with Gasteiger partial charge in [-0.25, -0.2) is 0 Å². The van der Waals surface area contributed by atoms with Crippen molar-refractivity contribution in [2.45, 2.75) is 11.8 Å². The van der Waals surface area contributed by atoms with Crippen molar-refractivity contribution >= 4 is 29.9 Å². The van der Waals surface area contributed by atoms with E-state index in [2.05, 4.69) is 12.6 Å². The number of phenolic OH excluding ortho intramolecular Hbond substituents is 1. The third-order valence-electron chi connectivity index (χ3n) is 2.03. The van der Waals surface area contributed by atoms with E-state index >= 15 is 0 Å². The first-order valence-electron chi connectivity index (χ1n) is 4.98. The Labute approximate surface area is 111 Å². The number of halogens is 1. The summed E-state index contributed by atoms with van der Waals surface area (Å²) in [4.78, 5) is 0.944. The van der Waals surface area contributed by atoms with Crippen LogP contribution in [0.15, 0.2) is 47.4 Å². The lowest BCUT2D eigenvalue weighted by Gasteiger charge is -1.95. The summed E-state index contributed by atoms with van der Waals surface area (Å²) in [6, 6.07) is 12.2. The van der Waals surface area contributed by atoms with E-state index in [1.165, 1.54) is 0 Å². The minimum Gasteiger partial charge on any atom is -0.508 e. The lowest BCUT2D eigenvalue weighted by molar-refractivity contribution is 0.475. The van der Waals surface area contributed by atoms with Crippen molar-refractivity contribution in [3.8, 4) is 5.75 Å².